The van der Waals surface area contributed by atoms with Crippen LogP contribution in [0.15, 0.2) is 29.2 Å². The van der Waals surface area contributed by atoms with E-state index >= 15 is 0 Å². The molecule has 1 rings (SSSR count). The highest BCUT2D eigenvalue weighted by Crippen LogP contribution is 2.11. The Balaban J connectivity index is 2.70. The number of rotatable bonds is 5. The molecule has 17 heavy (non-hydrogen) atoms. The number of hydrogen-bond donors (Lipinski definition) is 1. The highest BCUT2D eigenvalue weighted by Gasteiger charge is 2.14. The summed E-state index contributed by atoms with van der Waals surface area (Å²) in [6, 6.07) is 6.84. The van der Waals surface area contributed by atoms with Gasteiger partial charge in [0.15, 0.2) is 0 Å². The molecule has 0 bridgehead atoms. The average molecular weight is 254 g/mol. The molecule has 0 heterocycles. The normalized spacial score (nSPS) is 12.1. The van der Waals surface area contributed by atoms with Gasteiger partial charge in [-0.1, -0.05) is 6.07 Å². The molecule has 1 atom stereocenters. The summed E-state index contributed by atoms with van der Waals surface area (Å²) in [6.07, 6.45) is 0. The van der Waals surface area contributed by atoms with Crippen LogP contribution < -0.4 is 5.73 Å². The van der Waals surface area contributed by atoms with Crippen molar-refractivity contribution >= 4 is 22.4 Å². The van der Waals surface area contributed by atoms with Crippen molar-refractivity contribution in [1.29, 1.82) is 0 Å². The Morgan fingerprint density at radius 1 is 1.35 bits per heavy atom. The third kappa shape index (κ3) is 3.85. The fraction of sp³-hybridized carbons (Fsp3) is 0.417. The van der Waals surface area contributed by atoms with Gasteiger partial charge in [-0.3, -0.25) is 9.00 Å². The fourth-order valence-corrected chi connectivity index (χ4v) is 2.59. The number of benzene rings is 1. The summed E-state index contributed by atoms with van der Waals surface area (Å²) in [7, 11) is -1.32. The molecule has 1 aromatic carbocycles. The van der Waals surface area contributed by atoms with E-state index in [1.807, 2.05) is 13.8 Å². The van der Waals surface area contributed by atoms with E-state index in [1.54, 1.807) is 29.2 Å². The minimum absolute atomic E-state index is 0.0190. The van der Waals surface area contributed by atoms with Crippen LogP contribution in [0.2, 0.25) is 0 Å². The zero-order valence-corrected chi connectivity index (χ0v) is 11.0. The minimum Gasteiger partial charge on any atom is -0.399 e. The molecule has 0 aromatic heterocycles. The van der Waals surface area contributed by atoms with Gasteiger partial charge in [-0.25, -0.2) is 0 Å². The van der Waals surface area contributed by atoms with Crippen molar-refractivity contribution in [3.8, 4) is 0 Å². The summed E-state index contributed by atoms with van der Waals surface area (Å²) in [5.41, 5.74) is 6.17. The zero-order valence-electron chi connectivity index (χ0n) is 10.2. The lowest BCUT2D eigenvalue weighted by molar-refractivity contribution is -0.128. The smallest absolute Gasteiger partial charge is 0.235 e. The first kappa shape index (κ1) is 13.7. The Hall–Kier alpha value is -1.36. The number of anilines is 1. The van der Waals surface area contributed by atoms with Crippen molar-refractivity contribution in [2.24, 2.45) is 0 Å². The van der Waals surface area contributed by atoms with Crippen LogP contribution in [0.5, 0.6) is 0 Å². The number of carbonyl (C=O) groups excluding carboxylic acids is 1. The molecule has 1 amide bonds. The first-order valence-corrected chi connectivity index (χ1v) is 6.92. The molecule has 0 spiro atoms. The predicted molar refractivity (Wildman–Crippen MR) is 70.1 cm³/mol. The number of nitrogens with two attached hydrogens (primary N) is 1. The summed E-state index contributed by atoms with van der Waals surface area (Å²) in [5, 5.41) is 0. The number of hydrogen-bond acceptors (Lipinski definition) is 3. The van der Waals surface area contributed by atoms with E-state index < -0.39 is 10.8 Å². The fourth-order valence-electron chi connectivity index (χ4n) is 1.52. The Labute approximate surface area is 104 Å². The lowest BCUT2D eigenvalue weighted by atomic mass is 10.3. The van der Waals surface area contributed by atoms with Gasteiger partial charge in [-0.2, -0.15) is 0 Å². The molecular formula is C12H18N2O2S. The van der Waals surface area contributed by atoms with Gasteiger partial charge >= 0.3 is 0 Å². The van der Waals surface area contributed by atoms with Gasteiger partial charge in [-0.15, -0.1) is 0 Å². The summed E-state index contributed by atoms with van der Waals surface area (Å²) in [4.78, 5) is 14.0. The van der Waals surface area contributed by atoms with Gasteiger partial charge in [-0.05, 0) is 32.0 Å². The van der Waals surface area contributed by atoms with Crippen molar-refractivity contribution in [1.82, 2.24) is 4.90 Å². The Bertz CT molecular complexity index is 417. The maximum absolute atomic E-state index is 12.0. The van der Waals surface area contributed by atoms with Gasteiger partial charge < -0.3 is 10.6 Å². The lowest BCUT2D eigenvalue weighted by Crippen LogP contribution is -2.34. The minimum atomic E-state index is -1.32. The van der Waals surface area contributed by atoms with E-state index in [0.717, 1.165) is 0 Å². The molecule has 0 aliphatic carbocycles. The van der Waals surface area contributed by atoms with Crippen LogP contribution in [0.25, 0.3) is 0 Å². The number of carbonyl (C=O) groups is 1. The average Bonchev–Trinajstić information content (AvgIpc) is 2.30. The van der Waals surface area contributed by atoms with Gasteiger partial charge in [0.2, 0.25) is 5.91 Å². The lowest BCUT2D eigenvalue weighted by Gasteiger charge is -2.18. The largest absolute Gasteiger partial charge is 0.399 e. The van der Waals surface area contributed by atoms with Gasteiger partial charge in [0.1, 0.15) is 5.75 Å². The molecule has 94 valence electrons. The Morgan fingerprint density at radius 2 is 2.00 bits per heavy atom. The van der Waals surface area contributed by atoms with Crippen LogP contribution in [-0.2, 0) is 15.6 Å². The first-order valence-electron chi connectivity index (χ1n) is 5.60. The molecule has 4 nitrogen and oxygen atoms in total. The maximum Gasteiger partial charge on any atom is 0.235 e. The summed E-state index contributed by atoms with van der Waals surface area (Å²) < 4.78 is 12.0. The predicted octanol–water partition coefficient (Wildman–Crippen LogP) is 1.24. The maximum atomic E-state index is 12.0. The molecule has 0 radical (unpaired) electrons. The van der Waals surface area contributed by atoms with Crippen LogP contribution in [0.1, 0.15) is 13.8 Å². The summed E-state index contributed by atoms with van der Waals surface area (Å²) in [6.45, 7) is 5.10. The monoisotopic (exact) mass is 254 g/mol. The molecule has 1 unspecified atom stereocenters. The van der Waals surface area contributed by atoms with Crippen molar-refractivity contribution < 1.29 is 9.00 Å². The molecular weight excluding hydrogens is 236 g/mol. The van der Waals surface area contributed by atoms with Crippen LogP contribution in [0.3, 0.4) is 0 Å². The highest BCUT2D eigenvalue weighted by molar-refractivity contribution is 7.85. The molecule has 0 aliphatic heterocycles. The van der Waals surface area contributed by atoms with Crippen molar-refractivity contribution in [3.05, 3.63) is 24.3 Å². The van der Waals surface area contributed by atoms with E-state index in [2.05, 4.69) is 0 Å². The van der Waals surface area contributed by atoms with E-state index in [9.17, 15) is 9.00 Å². The van der Waals surface area contributed by atoms with E-state index in [4.69, 9.17) is 5.73 Å². The summed E-state index contributed by atoms with van der Waals surface area (Å²) in [5.74, 6) is -0.0683. The third-order valence-corrected chi connectivity index (χ3v) is 3.78. The van der Waals surface area contributed by atoms with Crippen molar-refractivity contribution in [2.45, 2.75) is 18.7 Å². The highest BCUT2D eigenvalue weighted by atomic mass is 32.2. The number of nitrogen functional groups attached to an aromatic ring is 1. The van der Waals surface area contributed by atoms with Crippen molar-refractivity contribution in [3.63, 3.8) is 0 Å². The molecule has 5 heteroatoms. The van der Waals surface area contributed by atoms with Gasteiger partial charge in [0.05, 0.1) is 10.8 Å². The van der Waals surface area contributed by atoms with E-state index in [0.29, 0.717) is 23.7 Å². The third-order valence-electron chi connectivity index (χ3n) is 2.49. The first-order chi connectivity index (χ1) is 8.08. The molecule has 2 N–H and O–H groups in total. The Morgan fingerprint density at radius 3 is 2.53 bits per heavy atom. The standard InChI is InChI=1S/C12H18N2O2S/c1-3-14(4-2)12(15)9-17(16)11-7-5-6-10(13)8-11/h5-8H,3-4,9,13H2,1-2H3. The topological polar surface area (TPSA) is 63.4 Å². The van der Waals surface area contributed by atoms with Crippen LogP contribution >= 0.6 is 0 Å². The second-order valence-corrected chi connectivity index (χ2v) is 5.08. The second kappa shape index (κ2) is 6.39. The number of amides is 1. The van der Waals surface area contributed by atoms with Crippen LogP contribution in [0.4, 0.5) is 5.69 Å². The second-order valence-electron chi connectivity index (χ2n) is 3.63. The van der Waals surface area contributed by atoms with E-state index in [1.165, 1.54) is 0 Å². The molecule has 0 saturated carbocycles. The van der Waals surface area contributed by atoms with Gasteiger partial charge in [0.25, 0.3) is 0 Å². The van der Waals surface area contributed by atoms with Crippen LogP contribution in [-0.4, -0.2) is 33.9 Å². The van der Waals surface area contributed by atoms with E-state index in [-0.39, 0.29) is 11.7 Å². The molecule has 0 saturated heterocycles. The zero-order chi connectivity index (χ0) is 12.8. The molecule has 0 fully saturated rings. The SMILES string of the molecule is CCN(CC)C(=O)CS(=O)c1cccc(N)c1. The number of nitrogens with zero attached hydrogens (tertiary/aromatic N) is 1. The quantitative estimate of drug-likeness (QED) is 0.804. The Kier molecular flexibility index (Phi) is 5.15. The van der Waals surface area contributed by atoms with Crippen molar-refractivity contribution in [2.75, 3.05) is 24.6 Å². The molecule has 1 aromatic rings. The van der Waals surface area contributed by atoms with Gasteiger partial charge in [0, 0.05) is 23.7 Å². The summed E-state index contributed by atoms with van der Waals surface area (Å²) >= 11 is 0. The molecule has 0 aliphatic rings. The van der Waals surface area contributed by atoms with Crippen LogP contribution in [0, 0.1) is 0 Å².